The fourth-order valence-corrected chi connectivity index (χ4v) is 2.45. The van der Waals surface area contributed by atoms with Gasteiger partial charge >= 0.3 is 6.18 Å². The van der Waals surface area contributed by atoms with Gasteiger partial charge < -0.3 is 10.4 Å². The summed E-state index contributed by atoms with van der Waals surface area (Å²) in [5.41, 5.74) is -0.454. The van der Waals surface area contributed by atoms with Crippen LogP contribution in [0.4, 0.5) is 17.6 Å². The molecule has 0 saturated carbocycles. The Labute approximate surface area is 114 Å². The maximum atomic E-state index is 13.9. The smallest absolute Gasteiger partial charge is 0.408 e. The topological polar surface area (TPSA) is 35.5 Å². The number of alkyl halides is 3. The molecule has 1 atom stereocenters. The van der Waals surface area contributed by atoms with Crippen LogP contribution in [0, 0.1) is 12.7 Å². The molecule has 1 fully saturated rings. The zero-order chi connectivity index (χ0) is 14.9. The van der Waals surface area contributed by atoms with Gasteiger partial charge in [-0.3, -0.25) is 4.90 Å². The molecule has 0 aromatic heterocycles. The number of halogens is 4. The van der Waals surface area contributed by atoms with Crippen molar-refractivity contribution < 1.29 is 22.7 Å². The fraction of sp³-hybridized carbons (Fsp3) is 0.538. The lowest BCUT2D eigenvalue weighted by Crippen LogP contribution is -2.49. The van der Waals surface area contributed by atoms with Crippen LogP contribution in [0.2, 0.25) is 0 Å². The number of piperazine rings is 1. The van der Waals surface area contributed by atoms with Crippen molar-refractivity contribution in [1.29, 1.82) is 0 Å². The second-order valence-electron chi connectivity index (χ2n) is 4.86. The Morgan fingerprint density at radius 2 is 1.85 bits per heavy atom. The van der Waals surface area contributed by atoms with Gasteiger partial charge in [0.05, 0.1) is 5.56 Å². The van der Waals surface area contributed by atoms with Gasteiger partial charge in [-0.1, -0.05) is 6.07 Å². The number of nitrogens with one attached hydrogen (secondary N) is 1. The van der Waals surface area contributed by atoms with E-state index in [2.05, 4.69) is 5.32 Å². The van der Waals surface area contributed by atoms with E-state index in [4.69, 9.17) is 0 Å². The molecule has 0 amide bonds. The second kappa shape index (κ2) is 5.57. The van der Waals surface area contributed by atoms with E-state index in [-0.39, 0.29) is 18.7 Å². The van der Waals surface area contributed by atoms with Crippen LogP contribution in [0.25, 0.3) is 0 Å². The number of hydrogen-bond acceptors (Lipinski definition) is 3. The van der Waals surface area contributed by atoms with Crippen LogP contribution in [0.3, 0.4) is 0 Å². The van der Waals surface area contributed by atoms with Gasteiger partial charge in [-0.25, -0.2) is 4.39 Å². The summed E-state index contributed by atoms with van der Waals surface area (Å²) in [6.07, 6.45) is -4.65. The maximum absolute atomic E-state index is 13.9. The zero-order valence-electron chi connectivity index (χ0n) is 11.0. The first-order chi connectivity index (χ1) is 9.32. The van der Waals surface area contributed by atoms with E-state index in [1.807, 2.05) is 0 Å². The van der Waals surface area contributed by atoms with Gasteiger partial charge in [0.2, 0.25) is 0 Å². The number of aromatic hydroxyl groups is 1. The number of hydrogen-bond donors (Lipinski definition) is 2. The third-order valence-electron chi connectivity index (χ3n) is 3.47. The highest BCUT2D eigenvalue weighted by molar-refractivity contribution is 5.43. The lowest BCUT2D eigenvalue weighted by molar-refractivity contribution is -0.189. The molecule has 1 saturated heterocycles. The van der Waals surface area contributed by atoms with Gasteiger partial charge in [-0.15, -0.1) is 0 Å². The van der Waals surface area contributed by atoms with Crippen LogP contribution in [-0.2, 0) is 0 Å². The van der Waals surface area contributed by atoms with Crippen molar-refractivity contribution in [3.05, 3.63) is 29.1 Å². The van der Waals surface area contributed by atoms with Crippen LogP contribution in [0.15, 0.2) is 12.1 Å². The number of aryl methyl sites for hydroxylation is 1. The van der Waals surface area contributed by atoms with E-state index < -0.39 is 29.3 Å². The molecule has 0 radical (unpaired) electrons. The molecule has 1 aromatic carbocycles. The molecular formula is C13H16F4N2O. The van der Waals surface area contributed by atoms with Crippen molar-refractivity contribution in [3.63, 3.8) is 0 Å². The lowest BCUT2D eigenvalue weighted by Gasteiger charge is -2.36. The van der Waals surface area contributed by atoms with E-state index in [9.17, 15) is 22.7 Å². The first kappa shape index (κ1) is 15.1. The summed E-state index contributed by atoms with van der Waals surface area (Å²) < 4.78 is 53.9. The highest BCUT2D eigenvalue weighted by Gasteiger charge is 2.47. The van der Waals surface area contributed by atoms with Crippen molar-refractivity contribution in [2.45, 2.75) is 19.1 Å². The van der Waals surface area contributed by atoms with Crippen LogP contribution in [0.5, 0.6) is 5.75 Å². The Bertz CT molecular complexity index is 484. The van der Waals surface area contributed by atoms with Crippen LogP contribution < -0.4 is 5.32 Å². The minimum Gasteiger partial charge on any atom is -0.507 e. The van der Waals surface area contributed by atoms with Gasteiger partial charge in [-0.05, 0) is 18.6 Å². The quantitative estimate of drug-likeness (QED) is 0.821. The Hall–Kier alpha value is -1.34. The molecule has 0 bridgehead atoms. The highest BCUT2D eigenvalue weighted by atomic mass is 19.4. The number of nitrogens with zero attached hydrogens (tertiary/aromatic N) is 1. The molecule has 2 N–H and O–H groups in total. The summed E-state index contributed by atoms with van der Waals surface area (Å²) in [4.78, 5) is 1.15. The first-order valence-electron chi connectivity index (χ1n) is 6.32. The molecule has 0 aliphatic carbocycles. The normalized spacial score (nSPS) is 19.1. The summed E-state index contributed by atoms with van der Waals surface area (Å²) in [5, 5.41) is 12.8. The summed E-state index contributed by atoms with van der Waals surface area (Å²) in [5.74, 6) is -1.65. The van der Waals surface area contributed by atoms with Gasteiger partial charge in [0, 0.05) is 26.2 Å². The lowest BCUT2D eigenvalue weighted by atomic mass is 9.99. The molecule has 1 heterocycles. The van der Waals surface area contributed by atoms with Gasteiger partial charge in [0.15, 0.2) is 0 Å². The largest absolute Gasteiger partial charge is 0.507 e. The molecular weight excluding hydrogens is 276 g/mol. The van der Waals surface area contributed by atoms with Crippen molar-refractivity contribution in [2.24, 2.45) is 0 Å². The summed E-state index contributed by atoms with van der Waals surface area (Å²) >= 11 is 0. The standard InChI is InChI=1S/C13H16F4N2O/c1-8-2-3-9(14)10(11(8)20)12(13(15,16)17)19-6-4-18-5-7-19/h2-3,12,18,20H,4-7H2,1H3/t12-/m1/s1. The Morgan fingerprint density at radius 1 is 1.25 bits per heavy atom. The van der Waals surface area contributed by atoms with Crippen molar-refractivity contribution in [1.82, 2.24) is 10.2 Å². The Morgan fingerprint density at radius 3 is 2.40 bits per heavy atom. The Kier molecular flexibility index (Phi) is 4.19. The summed E-state index contributed by atoms with van der Waals surface area (Å²) in [6, 6.07) is 0.106. The first-order valence-corrected chi connectivity index (χ1v) is 6.32. The fourth-order valence-electron chi connectivity index (χ4n) is 2.45. The van der Waals surface area contributed by atoms with Crippen LogP contribution in [0.1, 0.15) is 17.2 Å². The van der Waals surface area contributed by atoms with E-state index >= 15 is 0 Å². The van der Waals surface area contributed by atoms with E-state index in [1.54, 1.807) is 0 Å². The average Bonchev–Trinajstić information content (AvgIpc) is 2.39. The third kappa shape index (κ3) is 2.88. The van der Waals surface area contributed by atoms with E-state index in [1.165, 1.54) is 13.0 Å². The molecule has 3 nitrogen and oxygen atoms in total. The van der Waals surface area contributed by atoms with E-state index in [0.717, 1.165) is 11.0 Å². The Balaban J connectivity index is 2.49. The van der Waals surface area contributed by atoms with Crippen molar-refractivity contribution >= 4 is 0 Å². The minimum atomic E-state index is -4.65. The highest BCUT2D eigenvalue weighted by Crippen LogP contribution is 2.43. The molecule has 20 heavy (non-hydrogen) atoms. The van der Waals surface area contributed by atoms with Gasteiger partial charge in [-0.2, -0.15) is 13.2 Å². The molecule has 0 spiro atoms. The maximum Gasteiger partial charge on any atom is 0.408 e. The molecule has 2 rings (SSSR count). The SMILES string of the molecule is Cc1ccc(F)c([C@@H](N2CCNCC2)C(F)(F)F)c1O. The van der Waals surface area contributed by atoms with Crippen molar-refractivity contribution in [2.75, 3.05) is 26.2 Å². The average molecular weight is 292 g/mol. The van der Waals surface area contributed by atoms with Crippen LogP contribution in [-0.4, -0.2) is 42.4 Å². The van der Waals surface area contributed by atoms with Crippen molar-refractivity contribution in [3.8, 4) is 5.75 Å². The molecule has 1 aliphatic rings. The number of phenolic OH excluding ortho intramolecular Hbond substituents is 1. The predicted octanol–water partition coefficient (Wildman–Crippen LogP) is 2.35. The predicted molar refractivity (Wildman–Crippen MR) is 66.0 cm³/mol. The molecule has 1 aromatic rings. The summed E-state index contributed by atoms with van der Waals surface area (Å²) in [7, 11) is 0. The minimum absolute atomic E-state index is 0.150. The molecule has 7 heteroatoms. The number of benzene rings is 1. The van der Waals surface area contributed by atoms with Gasteiger partial charge in [0.1, 0.15) is 17.6 Å². The monoisotopic (exact) mass is 292 g/mol. The number of rotatable bonds is 2. The zero-order valence-corrected chi connectivity index (χ0v) is 11.0. The third-order valence-corrected chi connectivity index (χ3v) is 3.47. The second-order valence-corrected chi connectivity index (χ2v) is 4.86. The van der Waals surface area contributed by atoms with E-state index in [0.29, 0.717) is 13.1 Å². The van der Waals surface area contributed by atoms with Crippen LogP contribution >= 0.6 is 0 Å². The number of phenols is 1. The van der Waals surface area contributed by atoms with Gasteiger partial charge in [0.25, 0.3) is 0 Å². The summed E-state index contributed by atoms with van der Waals surface area (Å²) in [6.45, 7) is 2.55. The molecule has 112 valence electrons. The molecule has 1 aliphatic heterocycles. The molecule has 0 unspecified atom stereocenters.